The Morgan fingerprint density at radius 1 is 0.750 bits per heavy atom. The van der Waals surface area contributed by atoms with Gasteiger partial charge in [0, 0.05) is 30.0 Å². The van der Waals surface area contributed by atoms with Crippen LogP contribution in [0, 0.1) is 0 Å². The van der Waals surface area contributed by atoms with Crippen molar-refractivity contribution in [2.45, 2.75) is 0 Å². The van der Waals surface area contributed by atoms with E-state index in [1.165, 1.54) is 86.3 Å². The van der Waals surface area contributed by atoms with Gasteiger partial charge >= 0.3 is 0 Å². The third-order valence-electron chi connectivity index (χ3n) is 6.14. The Balaban J connectivity index is 1.84. The molecule has 0 bridgehead atoms. The van der Waals surface area contributed by atoms with Gasteiger partial charge in [0.1, 0.15) is 23.0 Å². The molecule has 0 fully saturated rings. The number of ketones is 1. The maximum Gasteiger partial charge on any atom is 0.255 e. The first kappa shape index (κ1) is 33.9. The van der Waals surface area contributed by atoms with Crippen molar-refractivity contribution in [2.75, 3.05) is 59.8 Å². The topological polar surface area (TPSA) is 140 Å². The molecule has 44 heavy (non-hydrogen) atoms. The van der Waals surface area contributed by atoms with E-state index in [0.717, 1.165) is 5.41 Å². The standard InChI is InChI=1S/C30H33BrN2O10S/c1-37-19-15-25(39-3)20(26(16-19)40-4)11-13-44(35,36)33-18-8-9-24(38-2)22(14-18)32-12-10-23(34)21-17-27(41-5)29(42-6)30(43-7)28(21)31/h8-17,32-33H,1-7H3. The number of hydrogen-bond donors (Lipinski definition) is 2. The molecule has 0 atom stereocenters. The molecule has 0 saturated heterocycles. The highest BCUT2D eigenvalue weighted by atomic mass is 79.9. The molecule has 3 aromatic carbocycles. The second-order valence-electron chi connectivity index (χ2n) is 8.66. The third kappa shape index (κ3) is 7.88. The SMILES string of the molecule is COc1cc(OC)c(C=CS(=O)(=O)Nc2ccc(OC)c(NC=CC(=O)c3cc(OC)c(OC)c(OC)c3Br)c2)c(OC)c1. The smallest absolute Gasteiger partial charge is 0.255 e. The molecular formula is C30H33BrN2O10S. The largest absolute Gasteiger partial charge is 0.496 e. The number of allylic oxidation sites excluding steroid dienone is 1. The van der Waals surface area contributed by atoms with Gasteiger partial charge in [-0.05, 0) is 46.3 Å². The summed E-state index contributed by atoms with van der Waals surface area (Å²) >= 11 is 3.40. The lowest BCUT2D eigenvalue weighted by atomic mass is 10.1. The number of benzene rings is 3. The highest BCUT2D eigenvalue weighted by Crippen LogP contribution is 2.45. The van der Waals surface area contributed by atoms with Crippen molar-refractivity contribution < 1.29 is 46.4 Å². The fourth-order valence-corrected chi connectivity index (χ4v) is 5.52. The van der Waals surface area contributed by atoms with Crippen LogP contribution in [0.5, 0.6) is 40.2 Å². The molecule has 0 unspecified atom stereocenters. The van der Waals surface area contributed by atoms with E-state index in [1.807, 2.05) is 0 Å². The lowest BCUT2D eigenvalue weighted by Gasteiger charge is -2.15. The molecule has 0 amide bonds. The Hall–Kier alpha value is -4.56. The molecule has 0 aromatic heterocycles. The third-order valence-corrected chi connectivity index (χ3v) is 7.94. The maximum atomic E-state index is 13.1. The highest BCUT2D eigenvalue weighted by Gasteiger charge is 2.22. The van der Waals surface area contributed by atoms with Crippen molar-refractivity contribution in [3.8, 4) is 40.2 Å². The zero-order valence-electron chi connectivity index (χ0n) is 25.1. The molecule has 0 spiro atoms. The van der Waals surface area contributed by atoms with Gasteiger partial charge in [-0.2, -0.15) is 0 Å². The minimum Gasteiger partial charge on any atom is -0.496 e. The van der Waals surface area contributed by atoms with Gasteiger partial charge in [0.25, 0.3) is 10.0 Å². The summed E-state index contributed by atoms with van der Waals surface area (Å²) in [7, 11) is 6.25. The minimum absolute atomic E-state index is 0.235. The molecule has 0 aliphatic carbocycles. The monoisotopic (exact) mass is 692 g/mol. The molecule has 3 rings (SSSR count). The van der Waals surface area contributed by atoms with Gasteiger partial charge in [-0.3, -0.25) is 9.52 Å². The fraction of sp³-hybridized carbons (Fsp3) is 0.233. The summed E-state index contributed by atoms with van der Waals surface area (Å²) < 4.78 is 66.3. The van der Waals surface area contributed by atoms with Crippen LogP contribution in [0.15, 0.2) is 58.6 Å². The second-order valence-corrected chi connectivity index (χ2v) is 11.0. The van der Waals surface area contributed by atoms with E-state index in [9.17, 15) is 13.2 Å². The Kier molecular flexibility index (Phi) is 11.8. The summed E-state index contributed by atoms with van der Waals surface area (Å²) in [6.45, 7) is 0. The van der Waals surface area contributed by atoms with E-state index in [-0.39, 0.29) is 17.0 Å². The maximum absolute atomic E-state index is 13.1. The molecule has 12 nitrogen and oxygen atoms in total. The van der Waals surface area contributed by atoms with Crippen LogP contribution in [0.1, 0.15) is 15.9 Å². The number of carbonyl (C=O) groups is 1. The van der Waals surface area contributed by atoms with E-state index in [0.29, 0.717) is 56.0 Å². The lowest BCUT2D eigenvalue weighted by Crippen LogP contribution is -2.09. The second kappa shape index (κ2) is 15.3. The summed E-state index contributed by atoms with van der Waals surface area (Å²) in [6.07, 6.45) is 4.05. The number of halogens is 1. The van der Waals surface area contributed by atoms with E-state index in [1.54, 1.807) is 18.2 Å². The highest BCUT2D eigenvalue weighted by molar-refractivity contribution is 9.10. The first-order valence-corrected chi connectivity index (χ1v) is 15.0. The molecule has 0 aliphatic rings. The lowest BCUT2D eigenvalue weighted by molar-refractivity contribution is 0.104. The summed E-state index contributed by atoms with van der Waals surface area (Å²) in [4.78, 5) is 13.1. The van der Waals surface area contributed by atoms with Crippen LogP contribution in [-0.2, 0) is 10.0 Å². The quantitative estimate of drug-likeness (QED) is 0.149. The van der Waals surface area contributed by atoms with Crippen LogP contribution < -0.4 is 43.2 Å². The van der Waals surface area contributed by atoms with Gasteiger partial charge in [0.15, 0.2) is 17.3 Å². The zero-order valence-corrected chi connectivity index (χ0v) is 27.5. The van der Waals surface area contributed by atoms with Gasteiger partial charge < -0.3 is 38.5 Å². The molecule has 236 valence electrons. The summed E-state index contributed by atoms with van der Waals surface area (Å²) in [5.41, 5.74) is 1.30. The molecule has 0 aliphatic heterocycles. The number of hydrogen-bond acceptors (Lipinski definition) is 11. The van der Waals surface area contributed by atoms with Crippen LogP contribution in [-0.4, -0.2) is 64.0 Å². The number of carbonyl (C=O) groups excluding carboxylic acids is 1. The molecular weight excluding hydrogens is 660 g/mol. The van der Waals surface area contributed by atoms with Crippen LogP contribution in [0.4, 0.5) is 11.4 Å². The van der Waals surface area contributed by atoms with Crippen LogP contribution >= 0.6 is 15.9 Å². The average Bonchev–Trinajstić information content (AvgIpc) is 3.02. The number of sulfonamides is 1. The zero-order chi connectivity index (χ0) is 32.4. The van der Waals surface area contributed by atoms with Gasteiger partial charge in [-0.25, -0.2) is 8.42 Å². The van der Waals surface area contributed by atoms with Gasteiger partial charge in [0.05, 0.1) is 76.6 Å². The number of rotatable bonds is 15. The van der Waals surface area contributed by atoms with Crippen LogP contribution in [0.2, 0.25) is 0 Å². The van der Waals surface area contributed by atoms with Crippen molar-refractivity contribution in [3.63, 3.8) is 0 Å². The van der Waals surface area contributed by atoms with Crippen molar-refractivity contribution in [2.24, 2.45) is 0 Å². The number of ether oxygens (including phenoxy) is 7. The Morgan fingerprint density at radius 3 is 1.91 bits per heavy atom. The van der Waals surface area contributed by atoms with Crippen molar-refractivity contribution in [1.82, 2.24) is 0 Å². The Bertz CT molecular complexity index is 1650. The molecule has 2 N–H and O–H groups in total. The normalized spacial score (nSPS) is 11.3. The molecule has 0 heterocycles. The van der Waals surface area contributed by atoms with E-state index in [2.05, 4.69) is 26.0 Å². The summed E-state index contributed by atoms with van der Waals surface area (Å²) in [5, 5.41) is 3.95. The summed E-state index contributed by atoms with van der Waals surface area (Å²) in [5.74, 6) is 2.19. The first-order chi connectivity index (χ1) is 21.1. The Labute approximate surface area is 264 Å². The Morgan fingerprint density at radius 2 is 1.36 bits per heavy atom. The van der Waals surface area contributed by atoms with E-state index < -0.39 is 10.0 Å². The number of nitrogens with one attached hydrogen (secondary N) is 2. The molecule has 3 aromatic rings. The fourth-order valence-electron chi connectivity index (χ4n) is 4.03. The van der Waals surface area contributed by atoms with Crippen molar-refractivity contribution >= 4 is 49.2 Å². The van der Waals surface area contributed by atoms with Gasteiger partial charge in [-0.15, -0.1) is 0 Å². The predicted octanol–water partition coefficient (Wildman–Crippen LogP) is 5.73. The predicted molar refractivity (Wildman–Crippen MR) is 172 cm³/mol. The number of anilines is 2. The first-order valence-electron chi connectivity index (χ1n) is 12.7. The number of methoxy groups -OCH3 is 7. The molecule has 0 saturated carbocycles. The van der Waals surface area contributed by atoms with E-state index >= 15 is 0 Å². The van der Waals surface area contributed by atoms with Crippen molar-refractivity contribution in [1.29, 1.82) is 0 Å². The van der Waals surface area contributed by atoms with Gasteiger partial charge in [0.2, 0.25) is 5.75 Å². The van der Waals surface area contributed by atoms with Crippen LogP contribution in [0.25, 0.3) is 6.08 Å². The molecule has 0 radical (unpaired) electrons. The van der Waals surface area contributed by atoms with Crippen molar-refractivity contribution in [3.05, 3.63) is 69.7 Å². The average molecular weight is 694 g/mol. The van der Waals surface area contributed by atoms with Crippen LogP contribution in [0.3, 0.4) is 0 Å². The summed E-state index contributed by atoms with van der Waals surface area (Å²) in [6, 6.07) is 9.38. The van der Waals surface area contributed by atoms with Gasteiger partial charge in [-0.1, -0.05) is 0 Å². The van der Waals surface area contributed by atoms with E-state index in [4.69, 9.17) is 33.2 Å². The molecule has 14 heteroatoms. The minimum atomic E-state index is -3.98.